The first-order valence-corrected chi connectivity index (χ1v) is 6.00. The number of ether oxygens (including phenoxy) is 2. The number of carboxylic acids is 1. The maximum atomic E-state index is 12.5. The van der Waals surface area contributed by atoms with Crippen molar-refractivity contribution in [1.82, 2.24) is 0 Å². The van der Waals surface area contributed by atoms with Gasteiger partial charge in [-0.25, -0.2) is 4.79 Å². The minimum absolute atomic E-state index is 0.0533. The topological polar surface area (TPSA) is 55.8 Å². The summed E-state index contributed by atoms with van der Waals surface area (Å²) in [6.45, 7) is -2.95. The highest BCUT2D eigenvalue weighted by molar-refractivity contribution is 5.90. The van der Waals surface area contributed by atoms with Gasteiger partial charge in [0.05, 0.1) is 0 Å². The van der Waals surface area contributed by atoms with E-state index in [4.69, 9.17) is 9.84 Å². The van der Waals surface area contributed by atoms with Crippen LogP contribution in [0.5, 0.6) is 5.75 Å². The molecule has 1 saturated carbocycles. The minimum atomic E-state index is -2.95. The molecule has 1 fully saturated rings. The molecule has 4 nitrogen and oxygen atoms in total. The number of aromatic carboxylic acids is 1. The quantitative estimate of drug-likeness (QED) is 0.836. The van der Waals surface area contributed by atoms with Gasteiger partial charge in [-0.2, -0.15) is 8.78 Å². The van der Waals surface area contributed by atoms with Crippen molar-refractivity contribution in [2.24, 2.45) is 0 Å². The highest BCUT2D eigenvalue weighted by atomic mass is 19.3. The van der Waals surface area contributed by atoms with Gasteiger partial charge in [-0.05, 0) is 25.0 Å². The zero-order valence-electron chi connectivity index (χ0n) is 10.1. The van der Waals surface area contributed by atoms with E-state index in [1.807, 2.05) is 0 Å². The predicted octanol–water partition coefficient (Wildman–Crippen LogP) is 3.27. The molecule has 0 radical (unpaired) electrons. The Morgan fingerprint density at radius 2 is 1.89 bits per heavy atom. The van der Waals surface area contributed by atoms with Crippen LogP contribution in [0.25, 0.3) is 0 Å². The van der Waals surface area contributed by atoms with Crippen LogP contribution in [0.4, 0.5) is 8.78 Å². The number of hydrogen-bond donors (Lipinski definition) is 1. The Morgan fingerprint density at radius 1 is 1.26 bits per heavy atom. The molecule has 2 rings (SSSR count). The Balaban J connectivity index is 2.25. The van der Waals surface area contributed by atoms with E-state index < -0.39 is 18.4 Å². The number of hydrogen-bond acceptors (Lipinski definition) is 3. The molecule has 1 aliphatic carbocycles. The molecule has 1 aliphatic rings. The average molecular weight is 272 g/mol. The zero-order chi connectivity index (χ0) is 13.9. The van der Waals surface area contributed by atoms with Gasteiger partial charge in [0.2, 0.25) is 5.79 Å². The van der Waals surface area contributed by atoms with Crippen LogP contribution in [-0.4, -0.2) is 23.5 Å². The molecule has 104 valence electrons. The second-order valence-corrected chi connectivity index (χ2v) is 4.40. The zero-order valence-corrected chi connectivity index (χ0v) is 10.1. The number of halogens is 2. The van der Waals surface area contributed by atoms with E-state index in [-0.39, 0.29) is 11.3 Å². The van der Waals surface area contributed by atoms with Crippen LogP contribution in [0.3, 0.4) is 0 Å². The Labute approximate surface area is 108 Å². The van der Waals surface area contributed by atoms with E-state index in [0.29, 0.717) is 25.7 Å². The average Bonchev–Trinajstić information content (AvgIpc) is 2.76. The summed E-state index contributed by atoms with van der Waals surface area (Å²) >= 11 is 0. The van der Waals surface area contributed by atoms with Gasteiger partial charge in [-0.15, -0.1) is 0 Å². The van der Waals surface area contributed by atoms with Crippen molar-refractivity contribution in [2.75, 3.05) is 0 Å². The molecular weight excluding hydrogens is 258 g/mol. The van der Waals surface area contributed by atoms with Gasteiger partial charge in [0, 0.05) is 12.8 Å². The molecule has 0 heterocycles. The molecule has 0 aromatic heterocycles. The number of alkyl halides is 2. The molecule has 0 saturated heterocycles. The highest BCUT2D eigenvalue weighted by Gasteiger charge is 2.40. The number of carboxylic acid groups (broad SMARTS) is 1. The SMILES string of the molecule is O=C(O)c1ccccc1OC1(OC(F)F)CCCC1. The van der Waals surface area contributed by atoms with Gasteiger partial charge < -0.3 is 9.84 Å². The third-order valence-electron chi connectivity index (χ3n) is 3.08. The summed E-state index contributed by atoms with van der Waals surface area (Å²) in [6, 6.07) is 5.94. The number of carbonyl (C=O) groups is 1. The molecule has 0 unspecified atom stereocenters. The van der Waals surface area contributed by atoms with Gasteiger partial charge >= 0.3 is 12.6 Å². The smallest absolute Gasteiger partial charge is 0.348 e. The lowest BCUT2D eigenvalue weighted by Crippen LogP contribution is -2.38. The van der Waals surface area contributed by atoms with Crippen LogP contribution in [-0.2, 0) is 4.74 Å². The first kappa shape index (κ1) is 13.7. The molecule has 1 aromatic carbocycles. The summed E-state index contributed by atoms with van der Waals surface area (Å²) in [5, 5.41) is 9.04. The third kappa shape index (κ3) is 3.20. The van der Waals surface area contributed by atoms with Gasteiger partial charge in [-0.1, -0.05) is 12.1 Å². The summed E-state index contributed by atoms with van der Waals surface area (Å²) in [5.41, 5.74) is -0.0633. The van der Waals surface area contributed by atoms with Crippen molar-refractivity contribution < 1.29 is 28.2 Å². The molecule has 19 heavy (non-hydrogen) atoms. The molecule has 0 amide bonds. The third-order valence-corrected chi connectivity index (χ3v) is 3.08. The molecule has 1 N–H and O–H groups in total. The van der Waals surface area contributed by atoms with Crippen molar-refractivity contribution >= 4 is 5.97 Å². The van der Waals surface area contributed by atoms with E-state index in [9.17, 15) is 13.6 Å². The summed E-state index contributed by atoms with van der Waals surface area (Å²) in [7, 11) is 0. The number of para-hydroxylation sites is 1. The van der Waals surface area contributed by atoms with Crippen molar-refractivity contribution in [3.05, 3.63) is 29.8 Å². The Morgan fingerprint density at radius 3 is 2.47 bits per heavy atom. The fraction of sp³-hybridized carbons (Fsp3) is 0.462. The van der Waals surface area contributed by atoms with E-state index >= 15 is 0 Å². The molecule has 6 heteroatoms. The van der Waals surface area contributed by atoms with E-state index in [2.05, 4.69) is 4.74 Å². The molecule has 1 aromatic rings. The lowest BCUT2D eigenvalue weighted by atomic mass is 10.2. The minimum Gasteiger partial charge on any atom is -0.478 e. The Hall–Kier alpha value is -1.69. The van der Waals surface area contributed by atoms with E-state index in [1.165, 1.54) is 12.1 Å². The van der Waals surface area contributed by atoms with Gasteiger partial charge in [-0.3, -0.25) is 4.74 Å². The molecule has 0 aliphatic heterocycles. The number of benzene rings is 1. The van der Waals surface area contributed by atoms with Crippen LogP contribution < -0.4 is 4.74 Å². The molecule has 0 atom stereocenters. The molecule has 0 bridgehead atoms. The van der Waals surface area contributed by atoms with Gasteiger partial charge in [0.25, 0.3) is 0 Å². The summed E-state index contributed by atoms with van der Waals surface area (Å²) in [5.74, 6) is -2.53. The lowest BCUT2D eigenvalue weighted by molar-refractivity contribution is -0.277. The van der Waals surface area contributed by atoms with Crippen molar-refractivity contribution in [3.8, 4) is 5.75 Å². The van der Waals surface area contributed by atoms with Crippen LogP contribution >= 0.6 is 0 Å². The van der Waals surface area contributed by atoms with Crippen LogP contribution in [0.1, 0.15) is 36.0 Å². The second-order valence-electron chi connectivity index (χ2n) is 4.40. The monoisotopic (exact) mass is 272 g/mol. The Bertz CT molecular complexity index is 456. The second kappa shape index (κ2) is 5.52. The normalized spacial score (nSPS) is 17.6. The summed E-state index contributed by atoms with van der Waals surface area (Å²) in [4.78, 5) is 11.1. The maximum Gasteiger partial charge on any atom is 0.348 e. The molecule has 0 spiro atoms. The predicted molar refractivity (Wildman–Crippen MR) is 62.3 cm³/mol. The lowest BCUT2D eigenvalue weighted by Gasteiger charge is -2.30. The largest absolute Gasteiger partial charge is 0.478 e. The Kier molecular flexibility index (Phi) is 3.99. The van der Waals surface area contributed by atoms with Crippen molar-refractivity contribution in [2.45, 2.75) is 38.1 Å². The fourth-order valence-electron chi connectivity index (χ4n) is 2.25. The first-order valence-electron chi connectivity index (χ1n) is 6.00. The van der Waals surface area contributed by atoms with Crippen molar-refractivity contribution in [1.29, 1.82) is 0 Å². The van der Waals surface area contributed by atoms with Crippen LogP contribution in [0, 0.1) is 0 Å². The number of rotatable bonds is 5. The summed E-state index contributed by atoms with van der Waals surface area (Å²) in [6.07, 6.45) is 2.07. The van der Waals surface area contributed by atoms with Crippen molar-refractivity contribution in [3.63, 3.8) is 0 Å². The summed E-state index contributed by atoms with van der Waals surface area (Å²) < 4.78 is 35.0. The first-order chi connectivity index (χ1) is 9.02. The van der Waals surface area contributed by atoms with Crippen LogP contribution in [0.15, 0.2) is 24.3 Å². The highest BCUT2D eigenvalue weighted by Crippen LogP contribution is 2.37. The standard InChI is InChI=1S/C13H14F2O4/c14-12(15)19-13(7-3-4-8-13)18-10-6-2-1-5-9(10)11(16)17/h1-2,5-6,12H,3-4,7-8H2,(H,16,17). The van der Waals surface area contributed by atoms with E-state index in [1.54, 1.807) is 12.1 Å². The van der Waals surface area contributed by atoms with Gasteiger partial charge in [0.15, 0.2) is 0 Å². The van der Waals surface area contributed by atoms with Gasteiger partial charge in [0.1, 0.15) is 11.3 Å². The fourth-order valence-corrected chi connectivity index (χ4v) is 2.25. The molecular formula is C13H14F2O4. The van der Waals surface area contributed by atoms with Crippen LogP contribution in [0.2, 0.25) is 0 Å². The maximum absolute atomic E-state index is 12.5. The van der Waals surface area contributed by atoms with E-state index in [0.717, 1.165) is 0 Å².